The molecule has 0 radical (unpaired) electrons. The molecule has 5 N–H and O–H groups in total. The summed E-state index contributed by atoms with van der Waals surface area (Å²) in [4.78, 5) is 34.3. The molecule has 0 fully saturated rings. The first-order valence-electron chi connectivity index (χ1n) is 8.15. The molecular weight excluding hydrogens is 322 g/mol. The van der Waals surface area contributed by atoms with Crippen molar-refractivity contribution in [2.75, 3.05) is 0 Å². The zero-order valence-electron chi connectivity index (χ0n) is 15.1. The number of nitrogens with two attached hydrogens (primary N) is 1. The van der Waals surface area contributed by atoms with Gasteiger partial charge in [-0.15, -0.1) is 0 Å². The molecular formula is C18H27N3O4. The minimum absolute atomic E-state index is 0.0645. The lowest BCUT2D eigenvalue weighted by molar-refractivity contribution is -0.141. The second-order valence-electron chi connectivity index (χ2n) is 7.10. The molecule has 138 valence electrons. The van der Waals surface area contributed by atoms with E-state index >= 15 is 0 Å². The van der Waals surface area contributed by atoms with Gasteiger partial charge in [-0.1, -0.05) is 45.0 Å². The standard InChI is InChI=1S/C18H27N3O4/c1-11(17(24)25)21-16(23)14(19)9-15(22)20-10-12-5-7-13(8-6-12)18(2,3)4/h5-8,11,14H,9-10,19H2,1-4H3,(H,20,22)(H,21,23)(H,24,25)/t11-,14?/m1/s1. The van der Waals surface area contributed by atoms with Gasteiger partial charge in [0, 0.05) is 6.54 Å². The van der Waals surface area contributed by atoms with Crippen LogP contribution in [0, 0.1) is 0 Å². The van der Waals surface area contributed by atoms with Crippen molar-refractivity contribution < 1.29 is 19.5 Å². The average molecular weight is 349 g/mol. The number of carbonyl (C=O) groups excluding carboxylic acids is 2. The van der Waals surface area contributed by atoms with Crippen LogP contribution in [-0.4, -0.2) is 35.0 Å². The molecule has 0 saturated heterocycles. The van der Waals surface area contributed by atoms with Crippen molar-refractivity contribution >= 4 is 17.8 Å². The molecule has 1 aromatic rings. The lowest BCUT2D eigenvalue weighted by Crippen LogP contribution is -2.48. The van der Waals surface area contributed by atoms with Gasteiger partial charge in [0.15, 0.2) is 0 Å². The van der Waals surface area contributed by atoms with Crippen LogP contribution in [0.5, 0.6) is 0 Å². The number of benzene rings is 1. The van der Waals surface area contributed by atoms with E-state index in [-0.39, 0.29) is 17.7 Å². The van der Waals surface area contributed by atoms with Crippen LogP contribution in [0.15, 0.2) is 24.3 Å². The van der Waals surface area contributed by atoms with Crippen LogP contribution in [0.3, 0.4) is 0 Å². The van der Waals surface area contributed by atoms with E-state index in [0.29, 0.717) is 6.54 Å². The predicted molar refractivity (Wildman–Crippen MR) is 94.8 cm³/mol. The summed E-state index contributed by atoms with van der Waals surface area (Å²) in [5, 5.41) is 13.7. The molecule has 0 heterocycles. The fourth-order valence-electron chi connectivity index (χ4n) is 2.07. The fourth-order valence-corrected chi connectivity index (χ4v) is 2.07. The zero-order chi connectivity index (χ0) is 19.2. The summed E-state index contributed by atoms with van der Waals surface area (Å²) in [7, 11) is 0. The van der Waals surface area contributed by atoms with Gasteiger partial charge in [0.1, 0.15) is 6.04 Å². The molecule has 7 heteroatoms. The van der Waals surface area contributed by atoms with Gasteiger partial charge in [0.25, 0.3) is 0 Å². The normalized spacial score (nSPS) is 13.6. The van der Waals surface area contributed by atoms with Crippen molar-refractivity contribution in [1.29, 1.82) is 0 Å². The Morgan fingerprint density at radius 1 is 1.16 bits per heavy atom. The Morgan fingerprint density at radius 3 is 2.20 bits per heavy atom. The maximum atomic E-state index is 11.9. The number of carboxylic acid groups (broad SMARTS) is 1. The van der Waals surface area contributed by atoms with Gasteiger partial charge in [-0.05, 0) is 23.5 Å². The molecule has 1 rings (SSSR count). The number of carbonyl (C=O) groups is 3. The molecule has 0 spiro atoms. The van der Waals surface area contributed by atoms with Gasteiger partial charge in [0.05, 0.1) is 12.5 Å². The van der Waals surface area contributed by atoms with E-state index in [4.69, 9.17) is 10.8 Å². The molecule has 2 amide bonds. The average Bonchev–Trinajstić information content (AvgIpc) is 2.52. The van der Waals surface area contributed by atoms with E-state index < -0.39 is 24.0 Å². The molecule has 0 aliphatic carbocycles. The molecule has 1 unspecified atom stereocenters. The van der Waals surface area contributed by atoms with Gasteiger partial charge in [-0.3, -0.25) is 14.4 Å². The van der Waals surface area contributed by atoms with Crippen LogP contribution >= 0.6 is 0 Å². The number of hydrogen-bond acceptors (Lipinski definition) is 4. The number of hydrogen-bond donors (Lipinski definition) is 4. The maximum Gasteiger partial charge on any atom is 0.325 e. The van der Waals surface area contributed by atoms with Crippen molar-refractivity contribution in [2.24, 2.45) is 5.73 Å². The quantitative estimate of drug-likeness (QED) is 0.583. The summed E-state index contributed by atoms with van der Waals surface area (Å²) < 4.78 is 0. The molecule has 2 atom stereocenters. The summed E-state index contributed by atoms with van der Waals surface area (Å²) in [6.45, 7) is 8.04. The minimum Gasteiger partial charge on any atom is -0.480 e. The highest BCUT2D eigenvalue weighted by atomic mass is 16.4. The molecule has 25 heavy (non-hydrogen) atoms. The third kappa shape index (κ3) is 6.93. The Bertz CT molecular complexity index is 620. The molecule has 0 saturated carbocycles. The van der Waals surface area contributed by atoms with Crippen LogP contribution in [-0.2, 0) is 26.3 Å². The first-order valence-corrected chi connectivity index (χ1v) is 8.15. The predicted octanol–water partition coefficient (Wildman–Crippen LogP) is 0.907. The van der Waals surface area contributed by atoms with Crippen molar-refractivity contribution in [1.82, 2.24) is 10.6 Å². The molecule has 0 aromatic heterocycles. The Morgan fingerprint density at radius 2 is 1.72 bits per heavy atom. The van der Waals surface area contributed by atoms with Gasteiger partial charge >= 0.3 is 5.97 Å². The summed E-state index contributed by atoms with van der Waals surface area (Å²) in [6, 6.07) is 5.79. The Hall–Kier alpha value is -2.41. The summed E-state index contributed by atoms with van der Waals surface area (Å²) in [5.74, 6) is -2.20. The topological polar surface area (TPSA) is 122 Å². The van der Waals surface area contributed by atoms with E-state index in [1.165, 1.54) is 12.5 Å². The van der Waals surface area contributed by atoms with E-state index in [1.54, 1.807) is 0 Å². The second-order valence-corrected chi connectivity index (χ2v) is 7.10. The molecule has 0 aliphatic heterocycles. The van der Waals surface area contributed by atoms with Crippen LogP contribution in [0.1, 0.15) is 45.2 Å². The molecule has 0 aliphatic rings. The van der Waals surface area contributed by atoms with Crippen molar-refractivity contribution in [3.8, 4) is 0 Å². The van der Waals surface area contributed by atoms with Crippen molar-refractivity contribution in [3.63, 3.8) is 0 Å². The van der Waals surface area contributed by atoms with Gasteiger partial charge in [-0.25, -0.2) is 0 Å². The van der Waals surface area contributed by atoms with Crippen LogP contribution in [0.4, 0.5) is 0 Å². The van der Waals surface area contributed by atoms with Gasteiger partial charge in [-0.2, -0.15) is 0 Å². The zero-order valence-corrected chi connectivity index (χ0v) is 15.1. The SMILES string of the molecule is C[C@@H](NC(=O)C(N)CC(=O)NCc1ccc(C(C)(C)C)cc1)C(=O)O. The highest BCUT2D eigenvalue weighted by molar-refractivity contribution is 5.90. The third-order valence-corrected chi connectivity index (χ3v) is 3.78. The minimum atomic E-state index is -1.16. The number of nitrogens with one attached hydrogen (secondary N) is 2. The van der Waals surface area contributed by atoms with E-state index in [9.17, 15) is 14.4 Å². The lowest BCUT2D eigenvalue weighted by Gasteiger charge is -2.19. The number of amides is 2. The fraction of sp³-hybridized carbons (Fsp3) is 0.500. The van der Waals surface area contributed by atoms with Crippen molar-refractivity contribution in [2.45, 2.75) is 58.2 Å². The highest BCUT2D eigenvalue weighted by Crippen LogP contribution is 2.22. The van der Waals surface area contributed by atoms with Gasteiger partial charge < -0.3 is 21.5 Å². The molecule has 7 nitrogen and oxygen atoms in total. The van der Waals surface area contributed by atoms with E-state index in [1.807, 2.05) is 24.3 Å². The lowest BCUT2D eigenvalue weighted by atomic mass is 9.87. The molecule has 0 bridgehead atoms. The summed E-state index contributed by atoms with van der Waals surface area (Å²) in [5.41, 5.74) is 7.85. The Kier molecular flexibility index (Phi) is 7.11. The smallest absolute Gasteiger partial charge is 0.325 e. The number of carboxylic acids is 1. The first-order chi connectivity index (χ1) is 11.5. The number of aliphatic carboxylic acids is 1. The Labute approximate surface area is 148 Å². The third-order valence-electron chi connectivity index (χ3n) is 3.78. The summed E-state index contributed by atoms with van der Waals surface area (Å²) >= 11 is 0. The second kappa shape index (κ2) is 8.62. The monoisotopic (exact) mass is 349 g/mol. The van der Waals surface area contributed by atoms with E-state index in [0.717, 1.165) is 5.56 Å². The molecule has 1 aromatic carbocycles. The first kappa shape index (κ1) is 20.6. The Balaban J connectivity index is 2.46. The summed E-state index contributed by atoms with van der Waals surface area (Å²) in [6.07, 6.45) is -0.210. The highest BCUT2D eigenvalue weighted by Gasteiger charge is 2.21. The van der Waals surface area contributed by atoms with Crippen LogP contribution < -0.4 is 16.4 Å². The van der Waals surface area contributed by atoms with Crippen LogP contribution in [0.2, 0.25) is 0 Å². The largest absolute Gasteiger partial charge is 0.480 e. The van der Waals surface area contributed by atoms with Gasteiger partial charge in [0.2, 0.25) is 11.8 Å². The number of rotatable bonds is 7. The van der Waals surface area contributed by atoms with Crippen LogP contribution in [0.25, 0.3) is 0 Å². The van der Waals surface area contributed by atoms with Crippen molar-refractivity contribution in [3.05, 3.63) is 35.4 Å². The van der Waals surface area contributed by atoms with E-state index in [2.05, 4.69) is 31.4 Å². The maximum absolute atomic E-state index is 11.9.